The first kappa shape index (κ1) is 18.2. The van der Waals surface area contributed by atoms with E-state index in [0.29, 0.717) is 11.8 Å². The largest absolute Gasteiger partial charge is 0.363 e. The molecule has 1 atom stereocenters. The van der Waals surface area contributed by atoms with Crippen LogP contribution in [0.1, 0.15) is 49.3 Å². The van der Waals surface area contributed by atoms with Crippen molar-refractivity contribution < 1.29 is 0 Å². The lowest BCUT2D eigenvalue weighted by molar-refractivity contribution is 0.728. The fourth-order valence-electron chi connectivity index (χ4n) is 3.04. The van der Waals surface area contributed by atoms with Crippen LogP contribution >= 0.6 is 0 Å². The van der Waals surface area contributed by atoms with Crippen LogP contribution in [-0.4, -0.2) is 38.2 Å². The molecule has 4 heteroatoms. The molecule has 0 aliphatic heterocycles. The Kier molecular flexibility index (Phi) is 5.81. The summed E-state index contributed by atoms with van der Waals surface area (Å²) in [4.78, 5) is 13.3. The second-order valence-corrected chi connectivity index (χ2v) is 7.21. The quantitative estimate of drug-likeness (QED) is 0.801. The van der Waals surface area contributed by atoms with Gasteiger partial charge in [-0.1, -0.05) is 26.8 Å². The average molecular weight is 326 g/mol. The standard InChI is InChI=1S/C20H30N4/c1-14(2)18-13-22-19(23(4)5)12-16(18)11-15(3)17-9-8-10-21-20(17)24(6)7/h8-10,12-15H,11H2,1-7H3. The molecule has 130 valence electrons. The first-order valence-corrected chi connectivity index (χ1v) is 8.59. The van der Waals surface area contributed by atoms with E-state index < -0.39 is 0 Å². The molecule has 2 aromatic rings. The molecule has 0 spiro atoms. The number of nitrogens with zero attached hydrogens (tertiary/aromatic N) is 4. The van der Waals surface area contributed by atoms with Crippen molar-refractivity contribution in [1.82, 2.24) is 9.97 Å². The maximum Gasteiger partial charge on any atom is 0.131 e. The van der Waals surface area contributed by atoms with Gasteiger partial charge in [-0.3, -0.25) is 0 Å². The monoisotopic (exact) mass is 326 g/mol. The van der Waals surface area contributed by atoms with E-state index in [2.05, 4.69) is 66.8 Å². The summed E-state index contributed by atoms with van der Waals surface area (Å²) in [7, 11) is 8.18. The van der Waals surface area contributed by atoms with Gasteiger partial charge in [-0.2, -0.15) is 0 Å². The van der Waals surface area contributed by atoms with Gasteiger partial charge in [0.05, 0.1) is 0 Å². The molecule has 0 aliphatic rings. The Morgan fingerprint density at radius 3 is 2.25 bits per heavy atom. The summed E-state index contributed by atoms with van der Waals surface area (Å²) < 4.78 is 0. The fraction of sp³-hybridized carbons (Fsp3) is 0.500. The highest BCUT2D eigenvalue weighted by molar-refractivity contribution is 5.49. The van der Waals surface area contributed by atoms with Gasteiger partial charge >= 0.3 is 0 Å². The number of pyridine rings is 2. The van der Waals surface area contributed by atoms with Crippen LogP contribution in [-0.2, 0) is 6.42 Å². The van der Waals surface area contributed by atoms with Gasteiger partial charge in [-0.05, 0) is 47.1 Å². The average Bonchev–Trinajstić information content (AvgIpc) is 2.54. The van der Waals surface area contributed by atoms with E-state index in [0.717, 1.165) is 18.1 Å². The minimum absolute atomic E-state index is 0.394. The molecule has 0 bridgehead atoms. The SMILES string of the molecule is CC(C)c1cnc(N(C)C)cc1CC(C)c1cccnc1N(C)C. The van der Waals surface area contributed by atoms with Crippen LogP contribution < -0.4 is 9.80 Å². The number of hydrogen-bond donors (Lipinski definition) is 0. The van der Waals surface area contributed by atoms with E-state index in [1.54, 1.807) is 0 Å². The van der Waals surface area contributed by atoms with Crippen LogP contribution in [0.25, 0.3) is 0 Å². The molecule has 0 saturated carbocycles. The minimum Gasteiger partial charge on any atom is -0.363 e. The van der Waals surface area contributed by atoms with Crippen LogP contribution in [0.3, 0.4) is 0 Å². The highest BCUT2D eigenvalue weighted by Gasteiger charge is 2.17. The van der Waals surface area contributed by atoms with E-state index in [-0.39, 0.29) is 0 Å². The van der Waals surface area contributed by atoms with Crippen molar-refractivity contribution in [2.75, 3.05) is 38.0 Å². The maximum absolute atomic E-state index is 4.59. The highest BCUT2D eigenvalue weighted by Crippen LogP contribution is 2.31. The first-order chi connectivity index (χ1) is 11.3. The Hall–Kier alpha value is -2.10. The van der Waals surface area contributed by atoms with Crippen LogP contribution in [0, 0.1) is 0 Å². The summed E-state index contributed by atoms with van der Waals surface area (Å²) in [6, 6.07) is 6.45. The Balaban J connectivity index is 2.38. The van der Waals surface area contributed by atoms with Gasteiger partial charge in [0.2, 0.25) is 0 Å². The van der Waals surface area contributed by atoms with Crippen LogP contribution in [0.4, 0.5) is 11.6 Å². The zero-order valence-electron chi connectivity index (χ0n) is 16.0. The second-order valence-electron chi connectivity index (χ2n) is 7.21. The summed E-state index contributed by atoms with van der Waals surface area (Å²) in [5.41, 5.74) is 4.01. The van der Waals surface area contributed by atoms with Crippen LogP contribution in [0.2, 0.25) is 0 Å². The first-order valence-electron chi connectivity index (χ1n) is 8.59. The van der Waals surface area contributed by atoms with E-state index in [9.17, 15) is 0 Å². The van der Waals surface area contributed by atoms with Crippen molar-refractivity contribution in [2.24, 2.45) is 0 Å². The van der Waals surface area contributed by atoms with Gasteiger partial charge in [-0.25, -0.2) is 9.97 Å². The third-order valence-electron chi connectivity index (χ3n) is 4.39. The third-order valence-corrected chi connectivity index (χ3v) is 4.39. The summed E-state index contributed by atoms with van der Waals surface area (Å²) in [5, 5.41) is 0. The van der Waals surface area contributed by atoms with E-state index in [1.807, 2.05) is 32.6 Å². The molecular weight excluding hydrogens is 296 g/mol. The molecule has 2 heterocycles. The van der Waals surface area contributed by atoms with Crippen molar-refractivity contribution in [3.8, 4) is 0 Å². The van der Waals surface area contributed by atoms with Crippen molar-refractivity contribution in [3.05, 3.63) is 47.3 Å². The maximum atomic E-state index is 4.59. The second kappa shape index (κ2) is 7.65. The Morgan fingerprint density at radius 2 is 1.67 bits per heavy atom. The minimum atomic E-state index is 0.394. The topological polar surface area (TPSA) is 32.3 Å². The predicted octanol–water partition coefficient (Wildman–Crippen LogP) is 4.08. The summed E-state index contributed by atoms with van der Waals surface area (Å²) >= 11 is 0. The zero-order valence-corrected chi connectivity index (χ0v) is 16.0. The number of anilines is 2. The van der Waals surface area contributed by atoms with Crippen molar-refractivity contribution >= 4 is 11.6 Å². The van der Waals surface area contributed by atoms with E-state index in [1.165, 1.54) is 16.7 Å². The number of hydrogen-bond acceptors (Lipinski definition) is 4. The molecule has 2 rings (SSSR count). The smallest absolute Gasteiger partial charge is 0.131 e. The number of rotatable bonds is 6. The predicted molar refractivity (Wildman–Crippen MR) is 103 cm³/mol. The molecule has 24 heavy (non-hydrogen) atoms. The molecule has 4 nitrogen and oxygen atoms in total. The van der Waals surface area contributed by atoms with Crippen molar-refractivity contribution in [1.29, 1.82) is 0 Å². The molecule has 1 unspecified atom stereocenters. The Labute approximate surface area is 146 Å². The molecule has 0 amide bonds. The van der Waals surface area contributed by atoms with Gasteiger partial charge in [0.1, 0.15) is 11.6 Å². The molecule has 0 radical (unpaired) electrons. The number of aromatic nitrogens is 2. The molecule has 2 aromatic heterocycles. The van der Waals surface area contributed by atoms with Crippen LogP contribution in [0.15, 0.2) is 30.6 Å². The lowest BCUT2D eigenvalue weighted by atomic mass is 9.89. The summed E-state index contributed by atoms with van der Waals surface area (Å²) in [5.74, 6) is 2.93. The third kappa shape index (κ3) is 4.05. The van der Waals surface area contributed by atoms with E-state index >= 15 is 0 Å². The molecule has 0 saturated heterocycles. The van der Waals surface area contributed by atoms with Gasteiger partial charge in [0, 0.05) is 40.6 Å². The van der Waals surface area contributed by atoms with E-state index in [4.69, 9.17) is 0 Å². The summed E-state index contributed by atoms with van der Waals surface area (Å²) in [6.07, 6.45) is 4.89. The highest BCUT2D eigenvalue weighted by atomic mass is 15.1. The van der Waals surface area contributed by atoms with Gasteiger partial charge in [0.25, 0.3) is 0 Å². The molecule has 0 aromatic carbocycles. The Morgan fingerprint density at radius 1 is 0.958 bits per heavy atom. The Bertz CT molecular complexity index is 677. The molecule has 0 aliphatic carbocycles. The zero-order chi connectivity index (χ0) is 17.9. The molecule has 0 fully saturated rings. The van der Waals surface area contributed by atoms with Crippen molar-refractivity contribution in [2.45, 2.75) is 39.0 Å². The lowest BCUT2D eigenvalue weighted by Crippen LogP contribution is -2.16. The van der Waals surface area contributed by atoms with Gasteiger partial charge in [-0.15, -0.1) is 0 Å². The van der Waals surface area contributed by atoms with Crippen molar-refractivity contribution in [3.63, 3.8) is 0 Å². The van der Waals surface area contributed by atoms with Gasteiger partial charge < -0.3 is 9.80 Å². The fourth-order valence-corrected chi connectivity index (χ4v) is 3.04. The van der Waals surface area contributed by atoms with Crippen LogP contribution in [0.5, 0.6) is 0 Å². The molecular formula is C20H30N4. The van der Waals surface area contributed by atoms with Gasteiger partial charge in [0.15, 0.2) is 0 Å². The summed E-state index contributed by atoms with van der Waals surface area (Å²) in [6.45, 7) is 6.75. The molecule has 0 N–H and O–H groups in total. The lowest BCUT2D eigenvalue weighted by Gasteiger charge is -2.23. The normalized spacial score (nSPS) is 12.3.